The van der Waals surface area contributed by atoms with Crippen LogP contribution in [0.5, 0.6) is 0 Å². The molecule has 0 aliphatic carbocycles. The fourth-order valence-corrected chi connectivity index (χ4v) is 2.84. The van der Waals surface area contributed by atoms with Crippen LogP contribution in [0.25, 0.3) is 5.69 Å². The van der Waals surface area contributed by atoms with Crippen LogP contribution in [0, 0.1) is 6.92 Å². The molecule has 0 atom stereocenters. The van der Waals surface area contributed by atoms with Gasteiger partial charge in [-0.15, -0.1) is 5.10 Å². The normalized spacial score (nSPS) is 10.6. The first-order valence-electron chi connectivity index (χ1n) is 7.15. The Morgan fingerprint density at radius 1 is 1.21 bits per heavy atom. The topological polar surface area (TPSA) is 57.0 Å². The van der Waals surface area contributed by atoms with Crippen LogP contribution in [0.15, 0.2) is 53.0 Å². The maximum atomic E-state index is 12.3. The van der Waals surface area contributed by atoms with E-state index >= 15 is 0 Å². The van der Waals surface area contributed by atoms with Crippen LogP contribution in [0.2, 0.25) is 5.02 Å². The quantitative estimate of drug-likeness (QED) is 0.605. The largest absolute Gasteiger partial charge is 0.456 e. The highest BCUT2D eigenvalue weighted by Crippen LogP contribution is 2.22. The van der Waals surface area contributed by atoms with Crippen molar-refractivity contribution in [2.45, 2.75) is 13.5 Å². The fourth-order valence-electron chi connectivity index (χ4n) is 2.20. The molecule has 3 rings (SSSR count). The SMILES string of the molecule is Cc1c(C(=O)OCc2ccccc2Cl)nnn1-c1ccccc1Br. The predicted octanol–water partition coefficient (Wildman–Crippen LogP) is 4.35. The molecule has 0 unspecified atom stereocenters. The average molecular weight is 407 g/mol. The highest BCUT2D eigenvalue weighted by molar-refractivity contribution is 9.10. The number of benzene rings is 2. The molecule has 122 valence electrons. The Hall–Kier alpha value is -2.18. The van der Waals surface area contributed by atoms with E-state index in [2.05, 4.69) is 26.2 Å². The van der Waals surface area contributed by atoms with E-state index in [4.69, 9.17) is 16.3 Å². The summed E-state index contributed by atoms with van der Waals surface area (Å²) in [5.74, 6) is -0.536. The van der Waals surface area contributed by atoms with Gasteiger partial charge in [-0.05, 0) is 41.1 Å². The molecule has 0 radical (unpaired) electrons. The van der Waals surface area contributed by atoms with Crippen molar-refractivity contribution in [2.75, 3.05) is 0 Å². The first kappa shape index (κ1) is 16.7. The molecule has 0 fully saturated rings. The van der Waals surface area contributed by atoms with Gasteiger partial charge in [0, 0.05) is 15.1 Å². The van der Waals surface area contributed by atoms with Gasteiger partial charge < -0.3 is 4.74 Å². The van der Waals surface area contributed by atoms with Crippen molar-refractivity contribution >= 4 is 33.5 Å². The average Bonchev–Trinajstić information content (AvgIpc) is 2.96. The molecule has 24 heavy (non-hydrogen) atoms. The lowest BCUT2D eigenvalue weighted by atomic mass is 10.2. The lowest BCUT2D eigenvalue weighted by Gasteiger charge is -2.07. The maximum Gasteiger partial charge on any atom is 0.361 e. The van der Waals surface area contributed by atoms with Crippen molar-refractivity contribution in [3.05, 3.63) is 75.0 Å². The van der Waals surface area contributed by atoms with Gasteiger partial charge in [-0.1, -0.05) is 47.1 Å². The summed E-state index contributed by atoms with van der Waals surface area (Å²) >= 11 is 9.52. The number of carbonyl (C=O) groups excluding carboxylic acids is 1. The van der Waals surface area contributed by atoms with Crippen molar-refractivity contribution in [3.8, 4) is 5.69 Å². The zero-order valence-electron chi connectivity index (χ0n) is 12.7. The molecule has 0 bridgehead atoms. The van der Waals surface area contributed by atoms with E-state index in [9.17, 15) is 4.79 Å². The second kappa shape index (κ2) is 7.15. The standard InChI is InChI=1S/C17H13BrClN3O2/c1-11-16(17(23)24-10-12-6-2-4-8-14(12)19)20-21-22(11)15-9-5-3-7-13(15)18/h2-9H,10H2,1H3. The number of ether oxygens (including phenoxy) is 1. The lowest BCUT2D eigenvalue weighted by molar-refractivity contribution is 0.0465. The fraction of sp³-hybridized carbons (Fsp3) is 0.118. The number of hydrogen-bond donors (Lipinski definition) is 0. The third kappa shape index (κ3) is 3.34. The molecule has 0 saturated heterocycles. The first-order chi connectivity index (χ1) is 11.6. The summed E-state index contributed by atoms with van der Waals surface area (Å²) in [6, 6.07) is 14.8. The van der Waals surface area contributed by atoms with Crippen LogP contribution < -0.4 is 0 Å². The third-order valence-corrected chi connectivity index (χ3v) is 4.52. The number of nitrogens with zero attached hydrogens (tertiary/aromatic N) is 3. The van der Waals surface area contributed by atoms with Crippen molar-refractivity contribution in [1.82, 2.24) is 15.0 Å². The Labute approximate surface area is 152 Å². The summed E-state index contributed by atoms with van der Waals surface area (Å²) in [6.07, 6.45) is 0. The van der Waals surface area contributed by atoms with Crippen LogP contribution in [0.4, 0.5) is 0 Å². The van der Waals surface area contributed by atoms with E-state index in [1.54, 1.807) is 23.7 Å². The molecule has 0 spiro atoms. The smallest absolute Gasteiger partial charge is 0.361 e. The second-order valence-corrected chi connectivity index (χ2v) is 6.32. The molecule has 3 aromatic rings. The van der Waals surface area contributed by atoms with Gasteiger partial charge in [0.2, 0.25) is 0 Å². The number of rotatable bonds is 4. The molecule has 7 heteroatoms. The lowest BCUT2D eigenvalue weighted by Crippen LogP contribution is -2.08. The van der Waals surface area contributed by atoms with Crippen molar-refractivity contribution in [1.29, 1.82) is 0 Å². The third-order valence-electron chi connectivity index (χ3n) is 3.49. The molecule has 0 aliphatic rings. The summed E-state index contributed by atoms with van der Waals surface area (Å²) in [5, 5.41) is 8.56. The van der Waals surface area contributed by atoms with E-state index in [0.717, 1.165) is 15.7 Å². The molecular weight excluding hydrogens is 394 g/mol. The van der Waals surface area contributed by atoms with Gasteiger partial charge in [-0.3, -0.25) is 0 Å². The van der Waals surface area contributed by atoms with Gasteiger partial charge in [0.05, 0.1) is 11.4 Å². The molecule has 0 saturated carbocycles. The van der Waals surface area contributed by atoms with Gasteiger partial charge in [0.1, 0.15) is 6.61 Å². The van der Waals surface area contributed by atoms with Crippen molar-refractivity contribution in [2.24, 2.45) is 0 Å². The van der Waals surface area contributed by atoms with Gasteiger partial charge >= 0.3 is 5.97 Å². The van der Waals surface area contributed by atoms with Crippen LogP contribution >= 0.6 is 27.5 Å². The minimum absolute atomic E-state index is 0.0832. The molecule has 1 heterocycles. The van der Waals surface area contributed by atoms with Crippen molar-refractivity contribution in [3.63, 3.8) is 0 Å². The number of halogens is 2. The summed E-state index contributed by atoms with van der Waals surface area (Å²) in [6.45, 7) is 1.85. The van der Waals surface area contributed by atoms with Gasteiger partial charge in [-0.25, -0.2) is 9.48 Å². The zero-order chi connectivity index (χ0) is 17.1. The molecule has 1 aromatic heterocycles. The zero-order valence-corrected chi connectivity index (χ0v) is 15.1. The monoisotopic (exact) mass is 405 g/mol. The van der Waals surface area contributed by atoms with E-state index in [1.807, 2.05) is 36.4 Å². The Morgan fingerprint density at radius 2 is 1.92 bits per heavy atom. The number of hydrogen-bond acceptors (Lipinski definition) is 4. The summed E-state index contributed by atoms with van der Waals surface area (Å²) in [7, 11) is 0. The second-order valence-electron chi connectivity index (χ2n) is 5.05. The van der Waals surface area contributed by atoms with Crippen LogP contribution in [-0.4, -0.2) is 21.0 Å². The van der Waals surface area contributed by atoms with E-state index < -0.39 is 5.97 Å². The molecule has 0 N–H and O–H groups in total. The van der Waals surface area contributed by atoms with Gasteiger partial charge in [0.25, 0.3) is 0 Å². The highest BCUT2D eigenvalue weighted by Gasteiger charge is 2.20. The van der Waals surface area contributed by atoms with E-state index in [-0.39, 0.29) is 12.3 Å². The molecular formula is C17H13BrClN3O2. The number of carbonyl (C=O) groups is 1. The van der Waals surface area contributed by atoms with Crippen LogP contribution in [0.3, 0.4) is 0 Å². The Morgan fingerprint density at radius 3 is 2.67 bits per heavy atom. The first-order valence-corrected chi connectivity index (χ1v) is 8.32. The minimum atomic E-state index is -0.536. The van der Waals surface area contributed by atoms with Crippen LogP contribution in [-0.2, 0) is 11.3 Å². The van der Waals surface area contributed by atoms with Gasteiger partial charge in [-0.2, -0.15) is 0 Å². The van der Waals surface area contributed by atoms with Crippen LogP contribution in [0.1, 0.15) is 21.7 Å². The molecule has 2 aromatic carbocycles. The summed E-state index contributed by atoms with van der Waals surface area (Å²) in [4.78, 5) is 12.3. The highest BCUT2D eigenvalue weighted by atomic mass is 79.9. The summed E-state index contributed by atoms with van der Waals surface area (Å²) in [5.41, 5.74) is 2.32. The molecule has 0 aliphatic heterocycles. The number of esters is 1. The molecule has 0 amide bonds. The Bertz CT molecular complexity index is 895. The Kier molecular flexibility index (Phi) is 4.97. The van der Waals surface area contributed by atoms with Crippen molar-refractivity contribution < 1.29 is 9.53 Å². The van der Waals surface area contributed by atoms with Gasteiger partial charge in [0.15, 0.2) is 5.69 Å². The maximum absolute atomic E-state index is 12.3. The van der Waals surface area contributed by atoms with E-state index in [0.29, 0.717) is 10.7 Å². The number of para-hydroxylation sites is 1. The predicted molar refractivity (Wildman–Crippen MR) is 94.4 cm³/mol. The molecule has 5 nitrogen and oxygen atoms in total. The number of aromatic nitrogens is 3. The minimum Gasteiger partial charge on any atom is -0.456 e. The Balaban J connectivity index is 1.80. The summed E-state index contributed by atoms with van der Waals surface area (Å²) < 4.78 is 7.75. The van der Waals surface area contributed by atoms with E-state index in [1.165, 1.54) is 0 Å².